The molecule has 0 aliphatic carbocycles. The molecule has 0 saturated carbocycles. The summed E-state index contributed by atoms with van der Waals surface area (Å²) in [7, 11) is -4.15. The molecule has 8 nitrogen and oxygen atoms in total. The molecule has 10 heteroatoms. The van der Waals surface area contributed by atoms with Crippen LogP contribution < -0.4 is 14.4 Å². The average Bonchev–Trinajstić information content (AvgIpc) is 3.00. The van der Waals surface area contributed by atoms with Gasteiger partial charge in [-0.1, -0.05) is 43.7 Å². The van der Waals surface area contributed by atoms with Crippen molar-refractivity contribution < 1.29 is 22.7 Å². The predicted octanol–water partition coefficient (Wildman–Crippen LogP) is 6.03. The lowest BCUT2D eigenvalue weighted by molar-refractivity contribution is -0.140. The molecule has 43 heavy (non-hydrogen) atoms. The van der Waals surface area contributed by atoms with Gasteiger partial charge in [0.2, 0.25) is 11.8 Å². The molecule has 2 atom stereocenters. The molecule has 0 fully saturated rings. The number of nitrogens with zero attached hydrogens (tertiary/aromatic N) is 2. The topological polar surface area (TPSA) is 96.0 Å². The molecule has 0 aliphatic heterocycles. The fourth-order valence-corrected chi connectivity index (χ4v) is 6.47. The van der Waals surface area contributed by atoms with Crippen LogP contribution in [0.15, 0.2) is 82.6 Å². The number of nitrogens with one attached hydrogen (secondary N) is 1. The maximum absolute atomic E-state index is 14.2. The summed E-state index contributed by atoms with van der Waals surface area (Å²) in [5.41, 5.74) is 2.19. The van der Waals surface area contributed by atoms with E-state index in [-0.39, 0.29) is 23.4 Å². The average molecular weight is 626 g/mol. The van der Waals surface area contributed by atoms with Crippen molar-refractivity contribution in [3.8, 4) is 5.75 Å². The van der Waals surface area contributed by atoms with Crippen LogP contribution in [-0.2, 0) is 26.2 Å². The highest BCUT2D eigenvalue weighted by molar-refractivity contribution is 7.98. The molecule has 0 bridgehead atoms. The second-order valence-electron chi connectivity index (χ2n) is 10.4. The molecule has 2 amide bonds. The van der Waals surface area contributed by atoms with E-state index in [1.54, 1.807) is 48.5 Å². The molecule has 3 aromatic rings. The predicted molar refractivity (Wildman–Crippen MR) is 174 cm³/mol. The van der Waals surface area contributed by atoms with Crippen molar-refractivity contribution in [1.29, 1.82) is 0 Å². The number of carbonyl (C=O) groups is 2. The maximum Gasteiger partial charge on any atom is 0.264 e. The molecule has 0 spiro atoms. The van der Waals surface area contributed by atoms with Crippen molar-refractivity contribution in [2.75, 3.05) is 23.7 Å². The van der Waals surface area contributed by atoms with E-state index in [0.29, 0.717) is 24.5 Å². The molecule has 0 aromatic heterocycles. The number of carbonyl (C=O) groups excluding carboxylic acids is 2. The van der Waals surface area contributed by atoms with Crippen LogP contribution in [0.1, 0.15) is 51.7 Å². The summed E-state index contributed by atoms with van der Waals surface area (Å²) in [6.45, 7) is 9.72. The molecule has 3 aromatic carbocycles. The van der Waals surface area contributed by atoms with E-state index in [2.05, 4.69) is 5.32 Å². The van der Waals surface area contributed by atoms with Gasteiger partial charge in [-0.2, -0.15) is 0 Å². The van der Waals surface area contributed by atoms with Gasteiger partial charge in [-0.3, -0.25) is 13.9 Å². The van der Waals surface area contributed by atoms with Crippen molar-refractivity contribution in [3.63, 3.8) is 0 Å². The van der Waals surface area contributed by atoms with Crippen LogP contribution in [0, 0.1) is 6.92 Å². The number of aryl methyl sites for hydroxylation is 1. The molecule has 232 valence electrons. The van der Waals surface area contributed by atoms with Crippen LogP contribution in [0.2, 0.25) is 0 Å². The van der Waals surface area contributed by atoms with Crippen LogP contribution in [-0.4, -0.2) is 56.6 Å². The molecule has 1 N–H and O–H groups in total. The summed E-state index contributed by atoms with van der Waals surface area (Å²) < 4.78 is 34.9. The minimum absolute atomic E-state index is 0.0672. The molecule has 3 rings (SSSR count). The Morgan fingerprint density at radius 1 is 0.953 bits per heavy atom. The normalized spacial score (nSPS) is 12.7. The Balaban J connectivity index is 2.07. The lowest BCUT2D eigenvalue weighted by Gasteiger charge is -2.33. The fraction of sp³-hybridized carbons (Fsp3) is 0.394. The first-order valence-electron chi connectivity index (χ1n) is 14.6. The Bertz CT molecular complexity index is 1460. The summed E-state index contributed by atoms with van der Waals surface area (Å²) in [5.74, 6) is -0.153. The number of sulfonamides is 1. The van der Waals surface area contributed by atoms with E-state index in [0.717, 1.165) is 26.7 Å². The first-order chi connectivity index (χ1) is 20.5. The second-order valence-corrected chi connectivity index (χ2v) is 13.1. The van der Waals surface area contributed by atoms with Gasteiger partial charge in [-0.25, -0.2) is 8.42 Å². The lowest BCUT2D eigenvalue weighted by atomic mass is 10.1. The van der Waals surface area contributed by atoms with Gasteiger partial charge in [0.05, 0.1) is 17.2 Å². The van der Waals surface area contributed by atoms with E-state index in [1.807, 2.05) is 65.1 Å². The number of anilines is 1. The minimum Gasteiger partial charge on any atom is -0.494 e. The van der Waals surface area contributed by atoms with E-state index in [1.165, 1.54) is 16.7 Å². The summed E-state index contributed by atoms with van der Waals surface area (Å²) in [6.07, 6.45) is 3.03. The Morgan fingerprint density at radius 2 is 1.63 bits per heavy atom. The third kappa shape index (κ3) is 9.00. The maximum atomic E-state index is 14.2. The van der Waals surface area contributed by atoms with Crippen molar-refractivity contribution in [2.24, 2.45) is 0 Å². The largest absolute Gasteiger partial charge is 0.494 e. The third-order valence-electron chi connectivity index (χ3n) is 7.18. The van der Waals surface area contributed by atoms with Crippen molar-refractivity contribution in [3.05, 3.63) is 83.9 Å². The van der Waals surface area contributed by atoms with Gasteiger partial charge in [-0.15, -0.1) is 11.8 Å². The Morgan fingerprint density at radius 3 is 2.19 bits per heavy atom. The number of rotatable bonds is 15. The first kappa shape index (κ1) is 34.0. The monoisotopic (exact) mass is 625 g/mol. The van der Waals surface area contributed by atoms with Gasteiger partial charge in [0.25, 0.3) is 10.0 Å². The van der Waals surface area contributed by atoms with Gasteiger partial charge >= 0.3 is 0 Å². The van der Waals surface area contributed by atoms with Gasteiger partial charge < -0.3 is 15.0 Å². The number of ether oxygens (including phenoxy) is 1. The summed E-state index contributed by atoms with van der Waals surface area (Å²) in [4.78, 5) is 30.2. The highest BCUT2D eigenvalue weighted by Crippen LogP contribution is 2.28. The number of benzene rings is 3. The summed E-state index contributed by atoms with van der Waals surface area (Å²) >= 11 is 1.51. The zero-order valence-corrected chi connectivity index (χ0v) is 27.5. The van der Waals surface area contributed by atoms with E-state index >= 15 is 0 Å². The van der Waals surface area contributed by atoms with Crippen molar-refractivity contribution >= 4 is 39.3 Å². The molecule has 0 unspecified atom stereocenters. The van der Waals surface area contributed by atoms with Crippen LogP contribution in [0.5, 0.6) is 5.75 Å². The van der Waals surface area contributed by atoms with Crippen LogP contribution in [0.3, 0.4) is 0 Å². The van der Waals surface area contributed by atoms with Crippen LogP contribution in [0.25, 0.3) is 0 Å². The number of hydrogen-bond acceptors (Lipinski definition) is 6. The van der Waals surface area contributed by atoms with Gasteiger partial charge in [0.1, 0.15) is 18.3 Å². The Kier molecular flexibility index (Phi) is 12.5. The van der Waals surface area contributed by atoms with Gasteiger partial charge in [0, 0.05) is 17.5 Å². The number of thioether (sulfide) groups is 1. The summed E-state index contributed by atoms with van der Waals surface area (Å²) in [6, 6.07) is 20.1. The number of hydrogen-bond donors (Lipinski definition) is 1. The van der Waals surface area contributed by atoms with Gasteiger partial charge in [-0.05, 0) is 94.0 Å². The number of amides is 2. The molecular formula is C33H43N3O5S2. The standard InChI is InChI=1S/C33H43N3O5S2/c1-7-25(5)34-33(38)31(8-2)35(22-26-12-10-11-24(4)21-26)32(37)23-36(27-13-15-28(16-14-27)41-9-3)43(39,40)30-19-17-29(42-6)18-20-30/h10-21,25,31H,7-9,22-23H2,1-6H3,(H,34,38)/t25-,31-/m1/s1. The van der Waals surface area contributed by atoms with Crippen LogP contribution >= 0.6 is 11.8 Å². The lowest BCUT2D eigenvalue weighted by Crippen LogP contribution is -2.53. The fourth-order valence-electron chi connectivity index (χ4n) is 4.65. The van der Waals surface area contributed by atoms with E-state index in [9.17, 15) is 18.0 Å². The van der Waals surface area contributed by atoms with Gasteiger partial charge in [0.15, 0.2) is 0 Å². The molecule has 0 heterocycles. The van der Waals surface area contributed by atoms with Crippen LogP contribution in [0.4, 0.5) is 5.69 Å². The Hall–Kier alpha value is -3.50. The zero-order valence-electron chi connectivity index (χ0n) is 25.9. The third-order valence-corrected chi connectivity index (χ3v) is 9.72. The van der Waals surface area contributed by atoms with E-state index < -0.39 is 28.5 Å². The zero-order chi connectivity index (χ0) is 31.6. The molecule has 0 saturated heterocycles. The van der Waals surface area contributed by atoms with E-state index in [4.69, 9.17) is 4.74 Å². The minimum atomic E-state index is -4.15. The van der Waals surface area contributed by atoms with Crippen molar-refractivity contribution in [2.45, 2.75) is 75.9 Å². The second kappa shape index (κ2) is 15.8. The SMILES string of the molecule is CCOc1ccc(N(CC(=O)N(Cc2cccc(C)c2)[C@H](CC)C(=O)N[C@H](C)CC)S(=O)(=O)c2ccc(SC)cc2)cc1. The first-order valence-corrected chi connectivity index (χ1v) is 17.2. The van der Waals surface area contributed by atoms with Crippen molar-refractivity contribution in [1.82, 2.24) is 10.2 Å². The molecule has 0 aliphatic rings. The quantitative estimate of drug-likeness (QED) is 0.207. The molecular weight excluding hydrogens is 583 g/mol. The highest BCUT2D eigenvalue weighted by Gasteiger charge is 2.34. The summed E-state index contributed by atoms with van der Waals surface area (Å²) in [5, 5.41) is 3.00. The molecule has 0 radical (unpaired) electrons. The smallest absolute Gasteiger partial charge is 0.264 e. The Labute approximate surface area is 260 Å². The highest BCUT2D eigenvalue weighted by atomic mass is 32.2.